The summed E-state index contributed by atoms with van der Waals surface area (Å²) < 4.78 is 15.1. The molecule has 1 nitrogen and oxygen atoms in total. The van der Waals surface area contributed by atoms with Crippen molar-refractivity contribution in [3.05, 3.63) is 88.9 Å². The van der Waals surface area contributed by atoms with Crippen molar-refractivity contribution in [1.29, 1.82) is 0 Å². The normalized spacial score (nSPS) is 13.0. The Bertz CT molecular complexity index is 799. The lowest BCUT2D eigenvalue weighted by molar-refractivity contribution is 0.592. The van der Waals surface area contributed by atoms with E-state index in [9.17, 15) is 4.57 Å². The quantitative estimate of drug-likeness (QED) is 0.494. The van der Waals surface area contributed by atoms with Gasteiger partial charge in [-0.1, -0.05) is 82.7 Å². The van der Waals surface area contributed by atoms with Gasteiger partial charge in [0.05, 0.1) is 0 Å². The third-order valence-corrected chi connectivity index (χ3v) is 8.04. The van der Waals surface area contributed by atoms with Crippen molar-refractivity contribution in [1.82, 2.24) is 0 Å². The molecule has 0 saturated carbocycles. The maximum atomic E-state index is 14.2. The predicted molar refractivity (Wildman–Crippen MR) is 104 cm³/mol. The van der Waals surface area contributed by atoms with E-state index in [1.54, 1.807) is 0 Å². The smallest absolute Gasteiger partial charge is 0.172 e. The molecule has 113 valence electrons. The molecule has 3 radical (unpaired) electrons. The average Bonchev–Trinajstić information content (AvgIpc) is 2.56. The van der Waals surface area contributed by atoms with Crippen molar-refractivity contribution in [3.63, 3.8) is 0 Å². The fourth-order valence-electron chi connectivity index (χ4n) is 2.67. The summed E-state index contributed by atoms with van der Waals surface area (Å²) in [4.78, 5) is 0. The van der Waals surface area contributed by atoms with E-state index in [0.29, 0.717) is 0 Å². The summed E-state index contributed by atoms with van der Waals surface area (Å²) in [5, 5.41) is 2.60. The van der Waals surface area contributed by atoms with Crippen LogP contribution >= 0.6 is 23.1 Å². The van der Waals surface area contributed by atoms with E-state index in [0.717, 1.165) is 25.9 Å². The van der Waals surface area contributed by atoms with Crippen molar-refractivity contribution >= 4 is 47.4 Å². The second-order valence-corrected chi connectivity index (χ2v) is 8.74. The molecular formula is C19H16BBrOP. The zero-order chi connectivity index (χ0) is 15.6. The van der Waals surface area contributed by atoms with Gasteiger partial charge in [0.1, 0.15) is 0 Å². The largest absolute Gasteiger partial charge is 0.309 e. The summed E-state index contributed by atoms with van der Waals surface area (Å²) in [5.74, 6) is 0. The maximum absolute atomic E-state index is 14.2. The monoisotopic (exact) mass is 381 g/mol. The summed E-state index contributed by atoms with van der Waals surface area (Å²) >= 11 is 3.58. The molecule has 3 rings (SSSR count). The Balaban J connectivity index is 0.00000192. The molecule has 0 N–H and O–H groups in total. The highest BCUT2D eigenvalue weighted by Gasteiger charge is 2.32. The summed E-state index contributed by atoms with van der Waals surface area (Å²) in [6, 6.07) is 25.4. The highest BCUT2D eigenvalue weighted by atomic mass is 79.9. The first-order chi connectivity index (χ1) is 10.6. The van der Waals surface area contributed by atoms with Crippen molar-refractivity contribution in [2.24, 2.45) is 0 Å². The molecule has 3 aromatic carbocycles. The van der Waals surface area contributed by atoms with Gasteiger partial charge in [-0.15, -0.1) is 0 Å². The number of hydrogen-bond acceptors (Lipinski definition) is 1. The Morgan fingerprint density at radius 3 is 1.87 bits per heavy atom. The third-order valence-electron chi connectivity index (χ3n) is 3.77. The van der Waals surface area contributed by atoms with Crippen molar-refractivity contribution in [2.45, 2.75) is 6.92 Å². The molecule has 0 aliphatic rings. The highest BCUT2D eigenvalue weighted by Crippen LogP contribution is 2.45. The van der Waals surface area contributed by atoms with E-state index < -0.39 is 7.14 Å². The predicted octanol–water partition coefficient (Wildman–Crippen LogP) is 4.02. The van der Waals surface area contributed by atoms with E-state index >= 15 is 0 Å². The van der Waals surface area contributed by atoms with E-state index in [-0.39, 0.29) is 8.41 Å². The van der Waals surface area contributed by atoms with E-state index in [1.807, 2.05) is 85.8 Å². The molecule has 0 saturated heterocycles. The first kappa shape index (κ1) is 17.8. The molecule has 23 heavy (non-hydrogen) atoms. The highest BCUT2D eigenvalue weighted by molar-refractivity contribution is 9.10. The van der Waals surface area contributed by atoms with E-state index in [2.05, 4.69) is 15.9 Å². The Morgan fingerprint density at radius 2 is 1.26 bits per heavy atom. The van der Waals surface area contributed by atoms with Crippen LogP contribution in [0.4, 0.5) is 0 Å². The second-order valence-electron chi connectivity index (χ2n) is 5.18. The third kappa shape index (κ3) is 3.22. The van der Waals surface area contributed by atoms with Gasteiger partial charge in [0.15, 0.2) is 7.14 Å². The average molecular weight is 382 g/mol. The summed E-state index contributed by atoms with van der Waals surface area (Å²) in [6.07, 6.45) is 0. The first-order valence-electron chi connectivity index (χ1n) is 7.11. The second kappa shape index (κ2) is 7.34. The molecule has 0 fully saturated rings. The minimum absolute atomic E-state index is 0. The Labute approximate surface area is 147 Å². The number of halogens is 1. The Hall–Kier alpha value is -1.57. The SMILES string of the molecule is Cc1ccccc1[P@@](=O)(c1ccccc1)c1ccccc1Br.[B]. The molecule has 0 aliphatic heterocycles. The maximum Gasteiger partial charge on any atom is 0.172 e. The van der Waals surface area contributed by atoms with Gasteiger partial charge in [0.2, 0.25) is 0 Å². The summed E-state index contributed by atoms with van der Waals surface area (Å²) in [5.41, 5.74) is 1.05. The fourth-order valence-corrected chi connectivity index (χ4v) is 6.65. The van der Waals surface area contributed by atoms with Gasteiger partial charge >= 0.3 is 0 Å². The molecule has 3 aromatic rings. The Kier molecular flexibility index (Phi) is 5.67. The molecule has 0 heterocycles. The number of benzene rings is 3. The molecule has 0 amide bonds. The lowest BCUT2D eigenvalue weighted by Crippen LogP contribution is -2.27. The summed E-state index contributed by atoms with van der Waals surface area (Å²) in [6.45, 7) is 2.02. The van der Waals surface area contributed by atoms with Crippen LogP contribution in [0.25, 0.3) is 0 Å². The molecule has 0 aromatic heterocycles. The minimum atomic E-state index is -2.90. The standard InChI is InChI=1S/C19H16BrOP.B/c1-15-9-5-7-13-18(15)22(21,16-10-3-2-4-11-16)19-14-8-6-12-17(19)20;/h2-14H,1H3;/t22-;/m0./s1. The Morgan fingerprint density at radius 1 is 0.739 bits per heavy atom. The fraction of sp³-hybridized carbons (Fsp3) is 0.0526. The van der Waals surface area contributed by atoms with Gasteiger partial charge < -0.3 is 4.57 Å². The van der Waals surface area contributed by atoms with Crippen LogP contribution in [0.2, 0.25) is 0 Å². The van der Waals surface area contributed by atoms with Crippen LogP contribution in [-0.4, -0.2) is 8.41 Å². The zero-order valence-electron chi connectivity index (χ0n) is 12.8. The van der Waals surface area contributed by atoms with Gasteiger partial charge in [0.25, 0.3) is 0 Å². The van der Waals surface area contributed by atoms with Gasteiger partial charge in [-0.05, 0) is 24.6 Å². The van der Waals surface area contributed by atoms with Crippen LogP contribution in [0.1, 0.15) is 5.56 Å². The number of rotatable bonds is 3. The van der Waals surface area contributed by atoms with Crippen molar-refractivity contribution in [3.8, 4) is 0 Å². The van der Waals surface area contributed by atoms with Gasteiger partial charge in [-0.2, -0.15) is 0 Å². The van der Waals surface area contributed by atoms with Gasteiger partial charge in [0, 0.05) is 28.8 Å². The lowest BCUT2D eigenvalue weighted by Gasteiger charge is -2.22. The van der Waals surface area contributed by atoms with Crippen molar-refractivity contribution in [2.75, 3.05) is 0 Å². The van der Waals surface area contributed by atoms with Crippen LogP contribution in [-0.2, 0) is 4.57 Å². The van der Waals surface area contributed by atoms with E-state index in [1.165, 1.54) is 0 Å². The number of hydrogen-bond donors (Lipinski definition) is 0. The lowest BCUT2D eigenvalue weighted by atomic mass is 10.2. The van der Waals surface area contributed by atoms with Crippen LogP contribution in [0.5, 0.6) is 0 Å². The summed E-state index contributed by atoms with van der Waals surface area (Å²) in [7, 11) is -2.90. The van der Waals surface area contributed by atoms with Gasteiger partial charge in [-0.3, -0.25) is 0 Å². The van der Waals surface area contributed by atoms with Crippen molar-refractivity contribution < 1.29 is 4.57 Å². The number of aryl methyl sites for hydroxylation is 1. The molecule has 0 aliphatic carbocycles. The minimum Gasteiger partial charge on any atom is -0.309 e. The molecule has 0 spiro atoms. The molecule has 0 unspecified atom stereocenters. The van der Waals surface area contributed by atoms with Gasteiger partial charge in [-0.25, -0.2) is 0 Å². The molecule has 0 bridgehead atoms. The van der Waals surface area contributed by atoms with Crippen LogP contribution < -0.4 is 15.9 Å². The van der Waals surface area contributed by atoms with E-state index in [4.69, 9.17) is 0 Å². The topological polar surface area (TPSA) is 17.1 Å². The molecular weight excluding hydrogens is 366 g/mol. The van der Waals surface area contributed by atoms with Crippen LogP contribution in [0.3, 0.4) is 0 Å². The molecule has 1 atom stereocenters. The van der Waals surface area contributed by atoms with Crippen LogP contribution in [0, 0.1) is 6.92 Å². The van der Waals surface area contributed by atoms with Crippen LogP contribution in [0.15, 0.2) is 83.3 Å². The molecule has 4 heteroatoms. The zero-order valence-corrected chi connectivity index (χ0v) is 15.3. The first-order valence-corrected chi connectivity index (χ1v) is 9.61.